The van der Waals surface area contributed by atoms with Gasteiger partial charge in [-0.3, -0.25) is 62.3 Å². The fourth-order valence-electron chi connectivity index (χ4n) is 10.1. The Kier molecular flexibility index (Phi) is 42.3. The molecular weight excluding hydrogens is 1200 g/mol. The summed E-state index contributed by atoms with van der Waals surface area (Å²) in [5, 5.41) is 76.6. The van der Waals surface area contributed by atoms with Crippen LogP contribution in [0, 0.1) is 0 Å². The van der Waals surface area contributed by atoms with Gasteiger partial charge in [-0.15, -0.1) is 0 Å². The summed E-state index contributed by atoms with van der Waals surface area (Å²) in [7, 11) is 0. The number of carbonyl (C=O) groups is 13. The number of aliphatic hydroxyl groups excluding tert-OH is 5. The summed E-state index contributed by atoms with van der Waals surface area (Å²) in [6, 6.07) is -14.4. The molecule has 0 aliphatic carbocycles. The fourth-order valence-corrected chi connectivity index (χ4v) is 10.1. The molecule has 13 amide bonds. The lowest BCUT2D eigenvalue weighted by Crippen LogP contribution is -2.63. The van der Waals surface area contributed by atoms with Gasteiger partial charge in [-0.25, -0.2) is 0 Å². The lowest BCUT2D eigenvalue weighted by atomic mass is 10.0. The maximum absolute atomic E-state index is 14.1. The van der Waals surface area contributed by atoms with Gasteiger partial charge in [0.2, 0.25) is 76.8 Å². The van der Waals surface area contributed by atoms with Crippen molar-refractivity contribution in [1.82, 2.24) is 53.2 Å². The zero-order valence-electron chi connectivity index (χ0n) is 54.5. The number of unbranched alkanes of at least 4 members (excludes halogenated alkanes) is 15. The van der Waals surface area contributed by atoms with Crippen LogP contribution >= 0.6 is 0 Å². The maximum atomic E-state index is 14.1. The highest BCUT2D eigenvalue weighted by Gasteiger charge is 2.38. The topological polar surface area (TPSA) is 521 Å². The van der Waals surface area contributed by atoms with Gasteiger partial charge in [-0.05, 0) is 59.3 Å². The van der Waals surface area contributed by atoms with Gasteiger partial charge in [-0.1, -0.05) is 129 Å². The first-order valence-electron chi connectivity index (χ1n) is 32.7. The van der Waals surface area contributed by atoms with E-state index in [2.05, 4.69) is 67.0 Å². The van der Waals surface area contributed by atoms with Crippen LogP contribution in [0.5, 0.6) is 0 Å². The number of aliphatic hydroxyl groups is 5. The number of rotatable bonds is 35. The van der Waals surface area contributed by atoms with Gasteiger partial charge in [0.15, 0.2) is 0 Å². The van der Waals surface area contributed by atoms with Crippen molar-refractivity contribution in [2.24, 2.45) is 17.2 Å². The van der Waals surface area contributed by atoms with Crippen LogP contribution < -0.4 is 70.4 Å². The third-order valence-corrected chi connectivity index (χ3v) is 15.6. The Hall–Kier alpha value is -7.09. The minimum absolute atomic E-state index is 0.0168. The maximum Gasteiger partial charge on any atom is 0.246 e. The van der Waals surface area contributed by atoms with E-state index in [9.17, 15) is 87.9 Å². The van der Waals surface area contributed by atoms with Crippen molar-refractivity contribution in [3.05, 3.63) is 0 Å². The minimum Gasteiger partial charge on any atom is -0.393 e. The molecule has 31 heteroatoms. The highest BCUT2D eigenvalue weighted by molar-refractivity contribution is 6.00. The molecule has 0 aromatic rings. The average molecular weight is 1310 g/mol. The van der Waals surface area contributed by atoms with Crippen LogP contribution in [0.15, 0.2) is 0 Å². The van der Waals surface area contributed by atoms with Gasteiger partial charge in [0.1, 0.15) is 54.4 Å². The highest BCUT2D eigenvalue weighted by atomic mass is 16.3. The third kappa shape index (κ3) is 36.2. The normalized spacial score (nSPS) is 23.5. The van der Waals surface area contributed by atoms with Crippen LogP contribution in [0.25, 0.3) is 0 Å². The van der Waals surface area contributed by atoms with Crippen molar-refractivity contribution in [3.63, 3.8) is 0 Å². The standard InChI is InChI=1S/C61H109N13O18/c1-6-8-10-12-13-14-15-17-22-26-40(78)28-29-42-55(86)66-35-50(83)65-31-30-49(82)68-41(27-23-19-16-18-21-25-39(77)24-20-11-9-7-2)56(87)71-45(34-48(63)81)58(89)72-44(33-47(62)80)57(88)67-36(3)54(85)70-43(32-46(79)53(64)84)59(90)73-52(38(5)76)61(92)74-51(37(4)75)60(91)69-42/h36-46,51-52,75-79H,6-35H2,1-5H3,(H2,62,80)(H2,63,81)(H2,64,84)(H,65,83)(H,66,86)(H,67,88)(H,68,82)(H,69,91)(H,70,85)(H,71,87)(H,72,89)(H,73,90)(H,74,92)/t36-,37-,38-,39?,40?,41?,42?,43?,44+,45-,46?,51+,52-/m1/s1. The smallest absolute Gasteiger partial charge is 0.246 e. The van der Waals surface area contributed by atoms with Gasteiger partial charge in [0.05, 0.1) is 43.8 Å². The summed E-state index contributed by atoms with van der Waals surface area (Å²) >= 11 is 0. The molecule has 1 heterocycles. The van der Waals surface area contributed by atoms with Crippen LogP contribution in [0.3, 0.4) is 0 Å². The van der Waals surface area contributed by atoms with E-state index >= 15 is 0 Å². The second-order valence-electron chi connectivity index (χ2n) is 24.1. The molecule has 31 nitrogen and oxygen atoms in total. The SMILES string of the molecule is CCCCCCCCCCCC(O)CCC1NC(=O)[C@H]([C@@H](C)O)NC(=O)[C@@H]([C@@H](C)O)NC(=O)C(CC(O)C(N)=O)NC(=O)[C@@H](C)NC(=O)[C@H](CC(N)=O)NC(=O)[C@@H](CC(N)=O)NC(=O)C(CCCCCCCC(O)CCCCCC)NC(=O)CCNC(=O)CNC1=O. The molecule has 0 aromatic carbocycles. The Morgan fingerprint density at radius 2 is 0.815 bits per heavy atom. The summed E-state index contributed by atoms with van der Waals surface area (Å²) in [6.45, 7) is 6.36. The lowest BCUT2D eigenvalue weighted by Gasteiger charge is -2.29. The van der Waals surface area contributed by atoms with Crippen molar-refractivity contribution < 1.29 is 87.9 Å². The predicted octanol–water partition coefficient (Wildman–Crippen LogP) is -2.61. The Balaban J connectivity index is 3.76. The van der Waals surface area contributed by atoms with Gasteiger partial charge < -0.3 is 95.9 Å². The first-order valence-corrected chi connectivity index (χ1v) is 32.7. The summed E-state index contributed by atoms with van der Waals surface area (Å²) in [5.41, 5.74) is 16.1. The van der Waals surface area contributed by atoms with Gasteiger partial charge in [0.25, 0.3) is 0 Å². The van der Waals surface area contributed by atoms with Gasteiger partial charge >= 0.3 is 0 Å². The van der Waals surface area contributed by atoms with E-state index in [1.54, 1.807) is 0 Å². The zero-order chi connectivity index (χ0) is 69.3. The third-order valence-electron chi connectivity index (χ3n) is 15.6. The molecule has 1 saturated heterocycles. The minimum atomic E-state index is -2.15. The van der Waals surface area contributed by atoms with Crippen LogP contribution in [0.4, 0.5) is 0 Å². The molecule has 0 aromatic heterocycles. The molecule has 92 heavy (non-hydrogen) atoms. The van der Waals surface area contributed by atoms with Crippen molar-refractivity contribution >= 4 is 76.8 Å². The van der Waals surface area contributed by atoms with Crippen LogP contribution in [0.1, 0.15) is 214 Å². The van der Waals surface area contributed by atoms with Crippen molar-refractivity contribution in [2.75, 3.05) is 13.1 Å². The van der Waals surface area contributed by atoms with Crippen LogP contribution in [-0.4, -0.2) is 194 Å². The highest BCUT2D eigenvalue weighted by Crippen LogP contribution is 2.17. The van der Waals surface area contributed by atoms with E-state index in [0.717, 1.165) is 97.8 Å². The quantitative estimate of drug-likeness (QED) is 0.0289. The Bertz CT molecular complexity index is 2350. The average Bonchev–Trinajstić information content (AvgIpc) is 0.939. The number of hydrogen-bond acceptors (Lipinski definition) is 18. The first kappa shape index (κ1) is 82.9. The molecule has 13 atom stereocenters. The molecule has 1 aliphatic rings. The lowest BCUT2D eigenvalue weighted by molar-refractivity contribution is -0.139. The number of amides is 13. The molecule has 1 rings (SSSR count). The number of primary amides is 3. The molecule has 0 spiro atoms. The summed E-state index contributed by atoms with van der Waals surface area (Å²) < 4.78 is 0. The number of nitrogens with one attached hydrogen (secondary N) is 10. The van der Waals surface area contributed by atoms with E-state index in [1.165, 1.54) is 12.8 Å². The Morgan fingerprint density at radius 1 is 0.424 bits per heavy atom. The Labute approximate surface area is 539 Å². The largest absolute Gasteiger partial charge is 0.393 e. The fraction of sp³-hybridized carbons (Fsp3) is 0.787. The Morgan fingerprint density at radius 3 is 1.30 bits per heavy atom. The second kappa shape index (κ2) is 46.9. The van der Waals surface area contributed by atoms with Crippen molar-refractivity contribution in [3.8, 4) is 0 Å². The van der Waals surface area contributed by atoms with E-state index < -0.39 is 188 Å². The van der Waals surface area contributed by atoms with E-state index in [-0.39, 0.29) is 25.8 Å². The van der Waals surface area contributed by atoms with Crippen LogP contribution in [0.2, 0.25) is 0 Å². The molecule has 6 unspecified atom stereocenters. The number of carbonyl (C=O) groups excluding carboxylic acids is 13. The predicted molar refractivity (Wildman–Crippen MR) is 337 cm³/mol. The number of hydrogen-bond donors (Lipinski definition) is 18. The molecule has 526 valence electrons. The molecule has 0 saturated carbocycles. The summed E-state index contributed by atoms with van der Waals surface area (Å²) in [5.74, 6) is -14.9. The molecule has 21 N–H and O–H groups in total. The summed E-state index contributed by atoms with van der Waals surface area (Å²) in [4.78, 5) is 175. The molecule has 0 radical (unpaired) electrons. The van der Waals surface area contributed by atoms with E-state index in [0.29, 0.717) is 44.9 Å². The molecular formula is C61H109N13O18. The molecule has 0 bridgehead atoms. The van der Waals surface area contributed by atoms with Crippen molar-refractivity contribution in [2.45, 2.75) is 293 Å². The number of nitrogens with two attached hydrogens (primary N) is 3. The first-order chi connectivity index (χ1) is 43.5. The zero-order valence-corrected chi connectivity index (χ0v) is 54.5. The van der Waals surface area contributed by atoms with E-state index in [1.807, 2.05) is 0 Å². The van der Waals surface area contributed by atoms with Crippen LogP contribution in [-0.2, 0) is 62.3 Å². The molecule has 1 fully saturated rings. The second-order valence-corrected chi connectivity index (χ2v) is 24.1. The van der Waals surface area contributed by atoms with E-state index in [4.69, 9.17) is 17.2 Å². The van der Waals surface area contributed by atoms with Gasteiger partial charge in [-0.2, -0.15) is 0 Å². The monoisotopic (exact) mass is 1310 g/mol. The summed E-state index contributed by atoms with van der Waals surface area (Å²) in [6.07, 6.45) is 7.57. The van der Waals surface area contributed by atoms with Crippen molar-refractivity contribution in [1.29, 1.82) is 0 Å². The van der Waals surface area contributed by atoms with Gasteiger partial charge in [0, 0.05) is 19.4 Å². The molecule has 1 aliphatic heterocycles.